The number of benzene rings is 2. The zero-order valence-electron chi connectivity index (χ0n) is 18.7. The molecule has 8 nitrogen and oxygen atoms in total. The van der Waals surface area contributed by atoms with Gasteiger partial charge in [-0.3, -0.25) is 14.4 Å². The molecule has 34 heavy (non-hydrogen) atoms. The Kier molecular flexibility index (Phi) is 6.79. The first kappa shape index (κ1) is 23.3. The number of likely N-dealkylation sites (N-methyl/N-ethyl adjacent to an activating group) is 1. The van der Waals surface area contributed by atoms with Crippen molar-refractivity contribution in [3.05, 3.63) is 87.5 Å². The van der Waals surface area contributed by atoms with Crippen molar-refractivity contribution >= 4 is 34.2 Å². The Bertz CT molecular complexity index is 1410. The summed E-state index contributed by atoms with van der Waals surface area (Å²) >= 11 is 5.92. The molecule has 0 fully saturated rings. The lowest BCUT2D eigenvalue weighted by molar-refractivity contribution is -0.151. The minimum absolute atomic E-state index is 0.158. The second kappa shape index (κ2) is 9.93. The molecule has 0 spiro atoms. The van der Waals surface area contributed by atoms with E-state index in [2.05, 4.69) is 5.10 Å². The quantitative estimate of drug-likeness (QED) is 0.376. The van der Waals surface area contributed by atoms with Crippen LogP contribution in [-0.4, -0.2) is 40.2 Å². The summed E-state index contributed by atoms with van der Waals surface area (Å²) in [5, 5.41) is 5.87. The third-order valence-corrected chi connectivity index (χ3v) is 5.56. The van der Waals surface area contributed by atoms with Gasteiger partial charge in [-0.05, 0) is 42.5 Å². The highest BCUT2D eigenvalue weighted by Gasteiger charge is 2.17. The van der Waals surface area contributed by atoms with Crippen molar-refractivity contribution in [2.75, 3.05) is 13.7 Å². The number of aromatic nitrogens is 2. The predicted molar refractivity (Wildman–Crippen MR) is 127 cm³/mol. The number of carbonyl (C=O) groups excluding carboxylic acids is 2. The molecule has 2 aromatic carbocycles. The Balaban J connectivity index is 1.34. The van der Waals surface area contributed by atoms with Crippen molar-refractivity contribution in [2.45, 2.75) is 13.0 Å². The van der Waals surface area contributed by atoms with Crippen molar-refractivity contribution in [1.29, 1.82) is 0 Å². The SMILES string of the molecule is CN(Cc1ccc(-c2ccc(Cl)cc2)o1)C(=O)COC(=O)Cc1nn(C)c(=O)c2ccccc12. The maximum Gasteiger partial charge on any atom is 0.312 e. The van der Waals surface area contributed by atoms with Gasteiger partial charge in [-0.1, -0.05) is 29.8 Å². The van der Waals surface area contributed by atoms with Gasteiger partial charge in [0.1, 0.15) is 11.5 Å². The first-order valence-electron chi connectivity index (χ1n) is 10.5. The fourth-order valence-corrected chi connectivity index (χ4v) is 3.63. The minimum atomic E-state index is -0.610. The number of aryl methyl sites for hydroxylation is 1. The molecule has 9 heteroatoms. The van der Waals surface area contributed by atoms with Crippen LogP contribution in [0.4, 0.5) is 0 Å². The number of hydrogen-bond donors (Lipinski definition) is 0. The van der Waals surface area contributed by atoms with Crippen LogP contribution in [0.25, 0.3) is 22.1 Å². The normalized spacial score (nSPS) is 10.9. The fraction of sp³-hybridized carbons (Fsp3) is 0.200. The molecule has 2 aromatic heterocycles. The van der Waals surface area contributed by atoms with Crippen LogP contribution < -0.4 is 5.56 Å². The molecule has 4 rings (SSSR count). The van der Waals surface area contributed by atoms with Gasteiger partial charge in [0.2, 0.25) is 0 Å². The van der Waals surface area contributed by atoms with Crippen molar-refractivity contribution in [3.8, 4) is 11.3 Å². The molecule has 0 unspecified atom stereocenters. The number of fused-ring (bicyclic) bond motifs is 1. The fourth-order valence-electron chi connectivity index (χ4n) is 3.50. The van der Waals surface area contributed by atoms with Gasteiger partial charge in [0.25, 0.3) is 11.5 Å². The number of esters is 1. The van der Waals surface area contributed by atoms with Crippen LogP contribution in [-0.2, 0) is 34.3 Å². The molecule has 0 N–H and O–H groups in total. The molecule has 0 aliphatic rings. The Morgan fingerprint density at radius 2 is 1.76 bits per heavy atom. The number of amides is 1. The molecule has 0 bridgehead atoms. The largest absolute Gasteiger partial charge is 0.459 e. The Morgan fingerprint density at radius 3 is 2.50 bits per heavy atom. The van der Waals surface area contributed by atoms with E-state index in [1.54, 1.807) is 49.5 Å². The molecule has 0 atom stereocenters. The summed E-state index contributed by atoms with van der Waals surface area (Å²) in [7, 11) is 3.12. The van der Waals surface area contributed by atoms with Gasteiger partial charge in [-0.15, -0.1) is 0 Å². The van der Waals surface area contributed by atoms with Crippen LogP contribution in [0.2, 0.25) is 5.02 Å². The number of halogens is 1. The minimum Gasteiger partial charge on any atom is -0.459 e. The second-order valence-electron chi connectivity index (χ2n) is 7.78. The van der Waals surface area contributed by atoms with Crippen LogP contribution in [0.15, 0.2) is 69.9 Å². The smallest absolute Gasteiger partial charge is 0.312 e. The lowest BCUT2D eigenvalue weighted by Crippen LogP contribution is -2.31. The van der Waals surface area contributed by atoms with E-state index in [4.69, 9.17) is 20.8 Å². The number of hydrogen-bond acceptors (Lipinski definition) is 6. The maximum atomic E-state index is 12.5. The first-order valence-corrected chi connectivity index (χ1v) is 10.9. The van der Waals surface area contributed by atoms with Gasteiger partial charge in [0.15, 0.2) is 6.61 Å². The monoisotopic (exact) mass is 479 g/mol. The standard InChI is InChI=1S/C25H22ClN3O5/c1-28(14-18-11-12-22(34-18)16-7-9-17(26)10-8-16)23(30)15-33-24(31)13-21-19-5-3-4-6-20(19)25(32)29(2)27-21/h3-12H,13-15H2,1-2H3. The van der Waals surface area contributed by atoms with Gasteiger partial charge in [0.05, 0.1) is 24.0 Å². The first-order chi connectivity index (χ1) is 16.3. The van der Waals surface area contributed by atoms with Crippen molar-refractivity contribution in [2.24, 2.45) is 7.05 Å². The molecule has 4 aromatic rings. The lowest BCUT2D eigenvalue weighted by atomic mass is 10.1. The molecule has 0 saturated carbocycles. The average molecular weight is 480 g/mol. The molecule has 2 heterocycles. The highest BCUT2D eigenvalue weighted by Crippen LogP contribution is 2.24. The van der Waals surface area contributed by atoms with E-state index in [0.717, 1.165) is 5.56 Å². The molecule has 0 radical (unpaired) electrons. The van der Waals surface area contributed by atoms with Crippen LogP contribution in [0, 0.1) is 0 Å². The Labute approximate surface area is 200 Å². The molecule has 0 aliphatic carbocycles. The number of rotatable bonds is 7. The molecular weight excluding hydrogens is 458 g/mol. The summed E-state index contributed by atoms with van der Waals surface area (Å²) in [6.45, 7) is -0.194. The molecule has 0 saturated heterocycles. The van der Waals surface area contributed by atoms with E-state index < -0.39 is 12.6 Å². The third-order valence-electron chi connectivity index (χ3n) is 5.31. The van der Waals surface area contributed by atoms with Gasteiger partial charge < -0.3 is 14.1 Å². The predicted octanol–water partition coefficient (Wildman–Crippen LogP) is 3.59. The highest BCUT2D eigenvalue weighted by atomic mass is 35.5. The van der Waals surface area contributed by atoms with Crippen LogP contribution in [0.1, 0.15) is 11.5 Å². The number of nitrogens with zero attached hydrogens (tertiary/aromatic N) is 3. The number of ether oxygens (including phenoxy) is 1. The van der Waals surface area contributed by atoms with E-state index >= 15 is 0 Å². The van der Waals surface area contributed by atoms with E-state index in [9.17, 15) is 14.4 Å². The Hall–Kier alpha value is -3.91. The van der Waals surface area contributed by atoms with Gasteiger partial charge >= 0.3 is 5.97 Å². The molecule has 0 aliphatic heterocycles. The average Bonchev–Trinajstić information content (AvgIpc) is 3.29. The zero-order chi connectivity index (χ0) is 24.2. The van der Waals surface area contributed by atoms with E-state index in [0.29, 0.717) is 33.0 Å². The van der Waals surface area contributed by atoms with Crippen LogP contribution >= 0.6 is 11.6 Å². The zero-order valence-corrected chi connectivity index (χ0v) is 19.4. The Morgan fingerprint density at radius 1 is 1.06 bits per heavy atom. The molecule has 174 valence electrons. The van der Waals surface area contributed by atoms with Crippen molar-refractivity contribution in [1.82, 2.24) is 14.7 Å². The van der Waals surface area contributed by atoms with Crippen molar-refractivity contribution in [3.63, 3.8) is 0 Å². The van der Waals surface area contributed by atoms with E-state index in [1.807, 2.05) is 18.2 Å². The van der Waals surface area contributed by atoms with Gasteiger partial charge in [-0.2, -0.15) is 5.10 Å². The molecular formula is C25H22ClN3O5. The van der Waals surface area contributed by atoms with E-state index in [-0.39, 0.29) is 24.4 Å². The summed E-state index contributed by atoms with van der Waals surface area (Å²) in [5.41, 5.74) is 1.04. The van der Waals surface area contributed by atoms with Gasteiger partial charge in [0, 0.05) is 30.1 Å². The highest BCUT2D eigenvalue weighted by molar-refractivity contribution is 6.30. The lowest BCUT2D eigenvalue weighted by Gasteiger charge is -2.16. The summed E-state index contributed by atoms with van der Waals surface area (Å²) < 4.78 is 12.2. The van der Waals surface area contributed by atoms with E-state index in [1.165, 1.54) is 16.6 Å². The second-order valence-corrected chi connectivity index (χ2v) is 8.22. The summed E-state index contributed by atoms with van der Waals surface area (Å²) in [6, 6.07) is 17.8. The summed E-state index contributed by atoms with van der Waals surface area (Å²) in [5.74, 6) is 0.265. The van der Waals surface area contributed by atoms with Gasteiger partial charge in [-0.25, -0.2) is 4.68 Å². The number of furan rings is 1. The van der Waals surface area contributed by atoms with Crippen LogP contribution in [0.5, 0.6) is 0 Å². The van der Waals surface area contributed by atoms with Crippen molar-refractivity contribution < 1.29 is 18.7 Å². The number of carbonyl (C=O) groups is 2. The maximum absolute atomic E-state index is 12.5. The molecule has 1 amide bonds. The third kappa shape index (κ3) is 5.18. The van der Waals surface area contributed by atoms with Crippen LogP contribution in [0.3, 0.4) is 0 Å². The summed E-state index contributed by atoms with van der Waals surface area (Å²) in [6.07, 6.45) is -0.158. The topological polar surface area (TPSA) is 94.6 Å². The summed E-state index contributed by atoms with van der Waals surface area (Å²) in [4.78, 5) is 38.5.